The summed E-state index contributed by atoms with van der Waals surface area (Å²) < 4.78 is 14.7. The van der Waals surface area contributed by atoms with Gasteiger partial charge in [-0.3, -0.25) is 0 Å². The van der Waals surface area contributed by atoms with Crippen molar-refractivity contribution in [3.8, 4) is 0 Å². The molecule has 0 rings (SSSR count). The standard InChI is InChI=1S/C6H14O4.C6H14O2/c7-1-3-9-5-6-10-4-2-8;1-2-3-5-8-6-4-7/h7-8H,1-6H2;7H,2-6H2,1H3. The third kappa shape index (κ3) is 24.8. The lowest BCUT2D eigenvalue weighted by Gasteiger charge is -2.01. The van der Waals surface area contributed by atoms with E-state index in [0.717, 1.165) is 19.4 Å². The fraction of sp³-hybridized carbons (Fsp3) is 1.00. The summed E-state index contributed by atoms with van der Waals surface area (Å²) >= 11 is 0. The van der Waals surface area contributed by atoms with Crippen LogP contribution in [0.1, 0.15) is 19.8 Å². The molecule has 0 saturated heterocycles. The number of ether oxygens (including phenoxy) is 3. The van der Waals surface area contributed by atoms with Crippen LogP contribution in [-0.4, -0.2) is 74.8 Å². The van der Waals surface area contributed by atoms with E-state index in [1.54, 1.807) is 0 Å². The lowest BCUT2D eigenvalue weighted by Crippen LogP contribution is -2.09. The zero-order chi connectivity index (χ0) is 13.9. The average molecular weight is 268 g/mol. The first-order chi connectivity index (χ1) is 8.83. The van der Waals surface area contributed by atoms with Gasteiger partial charge in [0.05, 0.1) is 52.9 Å². The Kier molecular flexibility index (Phi) is 24.5. The maximum Gasteiger partial charge on any atom is 0.0701 e. The van der Waals surface area contributed by atoms with Crippen molar-refractivity contribution in [3.63, 3.8) is 0 Å². The number of unbranched alkanes of at least 4 members (excludes halogenated alkanes) is 1. The summed E-state index contributed by atoms with van der Waals surface area (Å²) in [4.78, 5) is 0. The maximum atomic E-state index is 8.26. The molecular weight excluding hydrogens is 240 g/mol. The molecule has 3 N–H and O–H groups in total. The van der Waals surface area contributed by atoms with E-state index in [1.165, 1.54) is 0 Å². The zero-order valence-electron chi connectivity index (χ0n) is 11.3. The Morgan fingerprint density at radius 2 is 1.00 bits per heavy atom. The monoisotopic (exact) mass is 268 g/mol. The van der Waals surface area contributed by atoms with Gasteiger partial charge in [0.25, 0.3) is 0 Å². The molecule has 112 valence electrons. The van der Waals surface area contributed by atoms with E-state index >= 15 is 0 Å². The average Bonchev–Trinajstić information content (AvgIpc) is 2.40. The molecule has 0 bridgehead atoms. The van der Waals surface area contributed by atoms with Crippen molar-refractivity contribution in [2.24, 2.45) is 0 Å². The molecule has 0 aromatic carbocycles. The minimum absolute atomic E-state index is 0.0417. The second-order valence-electron chi connectivity index (χ2n) is 3.36. The number of rotatable bonds is 12. The highest BCUT2D eigenvalue weighted by Gasteiger charge is 1.86. The largest absolute Gasteiger partial charge is 0.394 e. The van der Waals surface area contributed by atoms with Gasteiger partial charge in [0.2, 0.25) is 0 Å². The third-order valence-electron chi connectivity index (χ3n) is 1.72. The molecule has 0 aromatic rings. The fourth-order valence-electron chi connectivity index (χ4n) is 0.864. The molecule has 6 heteroatoms. The van der Waals surface area contributed by atoms with Gasteiger partial charge < -0.3 is 29.5 Å². The maximum absolute atomic E-state index is 8.26. The topological polar surface area (TPSA) is 88.4 Å². The van der Waals surface area contributed by atoms with Gasteiger partial charge in [0.15, 0.2) is 0 Å². The summed E-state index contributed by atoms with van der Waals surface area (Å²) in [6.45, 7) is 5.26. The Bertz CT molecular complexity index is 109. The second kappa shape index (κ2) is 22.0. The number of hydrogen-bond donors (Lipinski definition) is 3. The normalized spacial score (nSPS) is 10.0. The smallest absolute Gasteiger partial charge is 0.0701 e. The Labute approximate surface area is 109 Å². The van der Waals surface area contributed by atoms with Crippen molar-refractivity contribution in [1.82, 2.24) is 0 Å². The van der Waals surface area contributed by atoms with Gasteiger partial charge in [-0.1, -0.05) is 13.3 Å². The van der Waals surface area contributed by atoms with E-state index in [2.05, 4.69) is 6.92 Å². The van der Waals surface area contributed by atoms with Crippen LogP contribution in [0.3, 0.4) is 0 Å². The lowest BCUT2D eigenvalue weighted by atomic mass is 10.4. The molecule has 0 heterocycles. The van der Waals surface area contributed by atoms with E-state index in [9.17, 15) is 0 Å². The molecule has 0 aliphatic carbocycles. The van der Waals surface area contributed by atoms with E-state index in [1.807, 2.05) is 0 Å². The van der Waals surface area contributed by atoms with E-state index in [0.29, 0.717) is 33.0 Å². The second-order valence-corrected chi connectivity index (χ2v) is 3.36. The van der Waals surface area contributed by atoms with Crippen molar-refractivity contribution in [3.05, 3.63) is 0 Å². The molecule has 0 saturated carbocycles. The molecule has 0 unspecified atom stereocenters. The third-order valence-corrected chi connectivity index (χ3v) is 1.72. The van der Waals surface area contributed by atoms with Gasteiger partial charge in [-0.15, -0.1) is 0 Å². The van der Waals surface area contributed by atoms with Crippen LogP contribution >= 0.6 is 0 Å². The van der Waals surface area contributed by atoms with Gasteiger partial charge in [-0.25, -0.2) is 0 Å². The van der Waals surface area contributed by atoms with E-state index in [4.69, 9.17) is 29.5 Å². The van der Waals surface area contributed by atoms with Crippen LogP contribution < -0.4 is 0 Å². The zero-order valence-corrected chi connectivity index (χ0v) is 11.3. The van der Waals surface area contributed by atoms with Crippen LogP contribution in [0.4, 0.5) is 0 Å². The summed E-state index contributed by atoms with van der Waals surface area (Å²) in [5, 5.41) is 24.8. The molecule has 0 spiro atoms. The Hall–Kier alpha value is -0.240. The molecule has 18 heavy (non-hydrogen) atoms. The first kappa shape index (κ1) is 20.1. The van der Waals surface area contributed by atoms with Crippen LogP contribution in [0.5, 0.6) is 0 Å². The Morgan fingerprint density at radius 3 is 1.33 bits per heavy atom. The van der Waals surface area contributed by atoms with Gasteiger partial charge >= 0.3 is 0 Å². The van der Waals surface area contributed by atoms with Crippen molar-refractivity contribution < 1.29 is 29.5 Å². The SMILES string of the molecule is CCCCOCCO.OCCOCCOCCO. The number of aliphatic hydroxyl groups excluding tert-OH is 3. The van der Waals surface area contributed by atoms with Gasteiger partial charge in [-0.05, 0) is 6.42 Å². The molecule has 0 atom stereocenters. The quantitative estimate of drug-likeness (QED) is 0.425. The molecule has 0 aliphatic rings. The van der Waals surface area contributed by atoms with Crippen LogP contribution in [0, 0.1) is 0 Å². The lowest BCUT2D eigenvalue weighted by molar-refractivity contribution is 0.0222. The minimum Gasteiger partial charge on any atom is -0.394 e. The van der Waals surface area contributed by atoms with Crippen molar-refractivity contribution >= 4 is 0 Å². The highest BCUT2D eigenvalue weighted by molar-refractivity contribution is 4.31. The molecule has 6 nitrogen and oxygen atoms in total. The fourth-order valence-corrected chi connectivity index (χ4v) is 0.864. The summed E-state index contributed by atoms with van der Waals surface area (Å²) in [5.41, 5.74) is 0. The summed E-state index contributed by atoms with van der Waals surface area (Å²) in [7, 11) is 0. The van der Waals surface area contributed by atoms with E-state index in [-0.39, 0.29) is 19.8 Å². The van der Waals surface area contributed by atoms with Gasteiger partial charge in [0.1, 0.15) is 0 Å². The predicted octanol–water partition coefficient (Wildman–Crippen LogP) is -0.200. The molecule has 0 aromatic heterocycles. The molecular formula is C12H28O6. The van der Waals surface area contributed by atoms with Crippen LogP contribution in [0.2, 0.25) is 0 Å². The summed E-state index contributed by atoms with van der Waals surface area (Å²) in [6, 6.07) is 0. The Balaban J connectivity index is 0. The van der Waals surface area contributed by atoms with Gasteiger partial charge in [-0.2, -0.15) is 0 Å². The number of hydrogen-bond acceptors (Lipinski definition) is 6. The van der Waals surface area contributed by atoms with Crippen molar-refractivity contribution in [2.75, 3.05) is 59.5 Å². The molecule has 0 radical (unpaired) electrons. The van der Waals surface area contributed by atoms with Crippen molar-refractivity contribution in [2.45, 2.75) is 19.8 Å². The summed E-state index contributed by atoms with van der Waals surface area (Å²) in [6.07, 6.45) is 2.26. The highest BCUT2D eigenvalue weighted by atomic mass is 16.5. The van der Waals surface area contributed by atoms with Crippen molar-refractivity contribution in [1.29, 1.82) is 0 Å². The molecule has 0 aliphatic heterocycles. The van der Waals surface area contributed by atoms with Crippen LogP contribution in [0.25, 0.3) is 0 Å². The van der Waals surface area contributed by atoms with Crippen LogP contribution in [-0.2, 0) is 14.2 Å². The Morgan fingerprint density at radius 1 is 0.611 bits per heavy atom. The predicted molar refractivity (Wildman–Crippen MR) is 68.6 cm³/mol. The first-order valence-electron chi connectivity index (χ1n) is 6.39. The first-order valence-corrected chi connectivity index (χ1v) is 6.39. The molecule has 0 amide bonds. The van der Waals surface area contributed by atoms with Gasteiger partial charge in [0, 0.05) is 6.61 Å². The highest BCUT2D eigenvalue weighted by Crippen LogP contribution is 1.85. The minimum atomic E-state index is 0.0417. The van der Waals surface area contributed by atoms with Crippen LogP contribution in [0.15, 0.2) is 0 Å². The summed E-state index contributed by atoms with van der Waals surface area (Å²) in [5.74, 6) is 0. The molecule has 0 fully saturated rings. The van der Waals surface area contributed by atoms with E-state index < -0.39 is 0 Å². The number of aliphatic hydroxyl groups is 3.